The summed E-state index contributed by atoms with van der Waals surface area (Å²) in [5, 5.41) is 11.2. The third kappa shape index (κ3) is 3.37. The van der Waals surface area contributed by atoms with Gasteiger partial charge < -0.3 is 19.9 Å². The van der Waals surface area contributed by atoms with Gasteiger partial charge in [0.2, 0.25) is 0 Å². The van der Waals surface area contributed by atoms with Gasteiger partial charge in [-0.15, -0.1) is 0 Å². The highest BCUT2D eigenvalue weighted by atomic mass is 16.5. The average molecular weight is 239 g/mol. The fourth-order valence-electron chi connectivity index (χ4n) is 1.14. The van der Waals surface area contributed by atoms with E-state index in [1.54, 1.807) is 0 Å². The van der Waals surface area contributed by atoms with Gasteiger partial charge in [0.15, 0.2) is 18.1 Å². The Morgan fingerprint density at radius 3 is 2.59 bits per heavy atom. The van der Waals surface area contributed by atoms with E-state index in [2.05, 4.69) is 5.32 Å². The van der Waals surface area contributed by atoms with Crippen molar-refractivity contribution >= 4 is 11.9 Å². The molecule has 0 bridgehead atoms. The van der Waals surface area contributed by atoms with E-state index in [9.17, 15) is 9.59 Å². The Bertz CT molecular complexity index is 430. The van der Waals surface area contributed by atoms with Crippen LogP contribution in [0.2, 0.25) is 0 Å². The smallest absolute Gasteiger partial charge is 0.335 e. The summed E-state index contributed by atoms with van der Waals surface area (Å²) in [5.74, 6) is -0.745. The van der Waals surface area contributed by atoms with Crippen molar-refractivity contribution in [2.75, 3.05) is 20.8 Å². The summed E-state index contributed by atoms with van der Waals surface area (Å²) in [6, 6.07) is 4.16. The fourth-order valence-corrected chi connectivity index (χ4v) is 1.14. The number of nitrogens with one attached hydrogen (secondary N) is 1. The van der Waals surface area contributed by atoms with Gasteiger partial charge >= 0.3 is 5.97 Å². The zero-order valence-electron chi connectivity index (χ0n) is 9.52. The summed E-state index contributed by atoms with van der Waals surface area (Å²) in [6.45, 7) is -0.153. The first-order chi connectivity index (χ1) is 8.08. The molecule has 0 radical (unpaired) electrons. The van der Waals surface area contributed by atoms with Crippen LogP contribution in [-0.2, 0) is 4.79 Å². The molecule has 1 aromatic carbocycles. The van der Waals surface area contributed by atoms with Gasteiger partial charge in [0.1, 0.15) is 0 Å². The van der Waals surface area contributed by atoms with Gasteiger partial charge in [-0.3, -0.25) is 4.79 Å². The number of carboxylic acids is 1. The second-order valence-electron chi connectivity index (χ2n) is 3.13. The van der Waals surface area contributed by atoms with Crippen LogP contribution in [0.3, 0.4) is 0 Å². The first-order valence-corrected chi connectivity index (χ1v) is 4.83. The van der Waals surface area contributed by atoms with Gasteiger partial charge in [0.25, 0.3) is 5.91 Å². The van der Waals surface area contributed by atoms with Crippen molar-refractivity contribution in [3.05, 3.63) is 23.8 Å². The Labute approximate surface area is 98.2 Å². The molecule has 0 unspecified atom stereocenters. The van der Waals surface area contributed by atoms with Crippen molar-refractivity contribution in [2.45, 2.75) is 0 Å². The van der Waals surface area contributed by atoms with Crippen LogP contribution in [-0.4, -0.2) is 37.7 Å². The number of likely N-dealkylation sites (N-methyl/N-ethyl adjacent to an activating group) is 1. The van der Waals surface area contributed by atoms with E-state index in [0.717, 1.165) is 0 Å². The second kappa shape index (κ2) is 5.74. The molecule has 1 amide bonds. The lowest BCUT2D eigenvalue weighted by Gasteiger charge is -2.10. The first-order valence-electron chi connectivity index (χ1n) is 4.83. The predicted molar refractivity (Wildman–Crippen MR) is 59.5 cm³/mol. The topological polar surface area (TPSA) is 84.9 Å². The molecule has 0 aromatic heterocycles. The number of ether oxygens (including phenoxy) is 2. The van der Waals surface area contributed by atoms with Crippen LogP contribution in [0, 0.1) is 0 Å². The van der Waals surface area contributed by atoms with E-state index in [1.807, 2.05) is 0 Å². The van der Waals surface area contributed by atoms with Gasteiger partial charge in [-0.25, -0.2) is 4.79 Å². The molecular formula is C11H13NO5. The van der Waals surface area contributed by atoms with Crippen molar-refractivity contribution in [3.63, 3.8) is 0 Å². The zero-order chi connectivity index (χ0) is 12.8. The number of benzene rings is 1. The lowest BCUT2D eigenvalue weighted by atomic mass is 10.2. The molecule has 0 saturated carbocycles. The van der Waals surface area contributed by atoms with Gasteiger partial charge in [-0.2, -0.15) is 0 Å². The summed E-state index contributed by atoms with van der Waals surface area (Å²) in [6.07, 6.45) is 0. The maximum absolute atomic E-state index is 11.0. The Balaban J connectivity index is 2.85. The van der Waals surface area contributed by atoms with Crippen molar-refractivity contribution in [2.24, 2.45) is 0 Å². The number of aromatic carboxylic acids is 1. The van der Waals surface area contributed by atoms with Gasteiger partial charge in [-0.1, -0.05) is 0 Å². The van der Waals surface area contributed by atoms with E-state index in [1.165, 1.54) is 32.4 Å². The number of amides is 1. The molecule has 0 aliphatic rings. The number of methoxy groups -OCH3 is 1. The molecule has 2 N–H and O–H groups in total. The van der Waals surface area contributed by atoms with Crippen LogP contribution < -0.4 is 14.8 Å². The molecule has 0 fully saturated rings. The van der Waals surface area contributed by atoms with Gasteiger partial charge in [-0.05, 0) is 18.2 Å². The summed E-state index contributed by atoms with van der Waals surface area (Å²) >= 11 is 0. The summed E-state index contributed by atoms with van der Waals surface area (Å²) in [5.41, 5.74) is 0.0918. The molecule has 0 atom stereocenters. The van der Waals surface area contributed by atoms with Crippen molar-refractivity contribution in [1.82, 2.24) is 5.32 Å². The van der Waals surface area contributed by atoms with Crippen LogP contribution in [0.5, 0.6) is 11.5 Å². The molecule has 0 aliphatic carbocycles. The molecule has 1 aromatic rings. The number of carboxylic acid groups (broad SMARTS) is 1. The molecule has 6 heteroatoms. The van der Waals surface area contributed by atoms with Crippen molar-refractivity contribution < 1.29 is 24.2 Å². The van der Waals surface area contributed by atoms with E-state index in [4.69, 9.17) is 14.6 Å². The maximum Gasteiger partial charge on any atom is 0.335 e. The highest BCUT2D eigenvalue weighted by Crippen LogP contribution is 2.27. The SMILES string of the molecule is CNC(=O)COc1ccc(C(=O)O)cc1OC. The molecule has 0 heterocycles. The minimum absolute atomic E-state index is 0.0918. The third-order valence-electron chi connectivity index (χ3n) is 2.05. The molecule has 92 valence electrons. The highest BCUT2D eigenvalue weighted by molar-refractivity contribution is 5.88. The van der Waals surface area contributed by atoms with E-state index in [-0.39, 0.29) is 23.8 Å². The molecule has 0 aliphatic heterocycles. The number of rotatable bonds is 5. The number of carbonyl (C=O) groups excluding carboxylic acids is 1. The van der Waals surface area contributed by atoms with Gasteiger partial charge in [0.05, 0.1) is 12.7 Å². The maximum atomic E-state index is 11.0. The Hall–Kier alpha value is -2.24. The monoisotopic (exact) mass is 239 g/mol. The Morgan fingerprint density at radius 2 is 2.06 bits per heavy atom. The molecule has 0 spiro atoms. The minimum Gasteiger partial charge on any atom is -0.493 e. The normalized spacial score (nSPS) is 9.53. The van der Waals surface area contributed by atoms with Crippen LogP contribution in [0.25, 0.3) is 0 Å². The lowest BCUT2D eigenvalue weighted by Crippen LogP contribution is -2.24. The lowest BCUT2D eigenvalue weighted by molar-refractivity contribution is -0.122. The third-order valence-corrected chi connectivity index (χ3v) is 2.05. The number of carbonyl (C=O) groups is 2. The molecule has 17 heavy (non-hydrogen) atoms. The zero-order valence-corrected chi connectivity index (χ0v) is 9.52. The van der Waals surface area contributed by atoms with Crippen LogP contribution in [0.4, 0.5) is 0 Å². The van der Waals surface area contributed by atoms with E-state index >= 15 is 0 Å². The van der Waals surface area contributed by atoms with Crippen LogP contribution in [0.1, 0.15) is 10.4 Å². The Kier molecular flexibility index (Phi) is 4.33. The standard InChI is InChI=1S/C11H13NO5/c1-12-10(13)6-17-8-4-3-7(11(14)15)5-9(8)16-2/h3-5H,6H2,1-2H3,(H,12,13)(H,14,15). The van der Waals surface area contributed by atoms with E-state index < -0.39 is 5.97 Å². The van der Waals surface area contributed by atoms with Crippen LogP contribution >= 0.6 is 0 Å². The first kappa shape index (κ1) is 12.8. The second-order valence-corrected chi connectivity index (χ2v) is 3.13. The van der Waals surface area contributed by atoms with Crippen molar-refractivity contribution in [1.29, 1.82) is 0 Å². The number of hydrogen-bond donors (Lipinski definition) is 2. The van der Waals surface area contributed by atoms with Crippen molar-refractivity contribution in [3.8, 4) is 11.5 Å². The number of hydrogen-bond acceptors (Lipinski definition) is 4. The quantitative estimate of drug-likeness (QED) is 0.782. The predicted octanol–water partition coefficient (Wildman–Crippen LogP) is 0.518. The summed E-state index contributed by atoms with van der Waals surface area (Å²) in [4.78, 5) is 21.7. The molecular weight excluding hydrogens is 226 g/mol. The fraction of sp³-hybridized carbons (Fsp3) is 0.273. The molecule has 6 nitrogen and oxygen atoms in total. The largest absolute Gasteiger partial charge is 0.493 e. The minimum atomic E-state index is -1.05. The summed E-state index contributed by atoms with van der Waals surface area (Å²) in [7, 11) is 2.89. The molecule has 0 saturated heterocycles. The van der Waals surface area contributed by atoms with Crippen LogP contribution in [0.15, 0.2) is 18.2 Å². The Morgan fingerprint density at radius 1 is 1.35 bits per heavy atom. The summed E-state index contributed by atoms with van der Waals surface area (Å²) < 4.78 is 10.2. The van der Waals surface area contributed by atoms with E-state index in [0.29, 0.717) is 5.75 Å². The highest BCUT2D eigenvalue weighted by Gasteiger charge is 2.10. The molecule has 1 rings (SSSR count). The average Bonchev–Trinajstić information content (AvgIpc) is 2.35. The van der Waals surface area contributed by atoms with Gasteiger partial charge in [0, 0.05) is 7.05 Å².